The van der Waals surface area contributed by atoms with Crippen LogP contribution in [0.5, 0.6) is 0 Å². The molecule has 0 bridgehead atoms. The highest BCUT2D eigenvalue weighted by Crippen LogP contribution is 2.22. The van der Waals surface area contributed by atoms with Crippen molar-refractivity contribution in [3.05, 3.63) is 35.6 Å². The van der Waals surface area contributed by atoms with E-state index < -0.39 is 0 Å². The summed E-state index contributed by atoms with van der Waals surface area (Å²) in [5.74, 6) is 0.135. The minimum atomic E-state index is -0.189. The lowest BCUT2D eigenvalue weighted by molar-refractivity contribution is 0.402. The summed E-state index contributed by atoms with van der Waals surface area (Å²) in [7, 11) is 0. The Morgan fingerprint density at radius 3 is 2.64 bits per heavy atom. The third-order valence-electron chi connectivity index (χ3n) is 2.83. The normalized spacial score (nSPS) is 27.6. The summed E-state index contributed by atoms with van der Waals surface area (Å²) >= 11 is 0. The molecule has 0 aromatic heterocycles. The number of nitrogens with one attached hydrogen (secondary N) is 1. The van der Waals surface area contributed by atoms with Gasteiger partial charge in [-0.25, -0.2) is 4.39 Å². The van der Waals surface area contributed by atoms with Crippen molar-refractivity contribution in [3.63, 3.8) is 0 Å². The number of rotatable bonds is 1. The van der Waals surface area contributed by atoms with Gasteiger partial charge in [-0.1, -0.05) is 12.1 Å². The van der Waals surface area contributed by atoms with Crippen LogP contribution in [0.25, 0.3) is 0 Å². The van der Waals surface area contributed by atoms with E-state index in [1.54, 1.807) is 0 Å². The third-order valence-corrected chi connectivity index (χ3v) is 2.83. The number of hydrogen-bond donors (Lipinski definition) is 2. The van der Waals surface area contributed by atoms with Gasteiger partial charge in [-0.15, -0.1) is 0 Å². The van der Waals surface area contributed by atoms with Crippen LogP contribution in [0.3, 0.4) is 0 Å². The molecule has 1 saturated heterocycles. The molecule has 1 aliphatic heterocycles. The van der Waals surface area contributed by atoms with Crippen molar-refractivity contribution in [2.45, 2.75) is 18.4 Å². The standard InChI is InChI=1S/C11H15FN2/c12-9-3-1-8(2-4-9)10-7-14-6-5-11(10)13/h1-4,10-11,14H,5-7,13H2/t10-,11-/m0/s1. The first-order valence-electron chi connectivity index (χ1n) is 4.99. The van der Waals surface area contributed by atoms with Crippen molar-refractivity contribution in [1.82, 2.24) is 5.32 Å². The average Bonchev–Trinajstić information content (AvgIpc) is 2.20. The maximum atomic E-state index is 12.7. The Bertz CT molecular complexity index is 297. The Morgan fingerprint density at radius 2 is 2.00 bits per heavy atom. The number of nitrogens with two attached hydrogens (primary N) is 1. The molecule has 76 valence electrons. The molecule has 1 fully saturated rings. The third kappa shape index (κ3) is 1.94. The van der Waals surface area contributed by atoms with Crippen LogP contribution in [0, 0.1) is 5.82 Å². The van der Waals surface area contributed by atoms with Crippen LogP contribution in [0.2, 0.25) is 0 Å². The second-order valence-electron chi connectivity index (χ2n) is 3.81. The molecule has 1 aromatic carbocycles. The molecular formula is C11H15FN2. The van der Waals surface area contributed by atoms with Gasteiger partial charge >= 0.3 is 0 Å². The fourth-order valence-corrected chi connectivity index (χ4v) is 1.95. The van der Waals surface area contributed by atoms with Gasteiger partial charge < -0.3 is 11.1 Å². The highest BCUT2D eigenvalue weighted by Gasteiger charge is 2.22. The number of halogens is 1. The van der Waals surface area contributed by atoms with E-state index in [0.717, 1.165) is 25.1 Å². The Balaban J connectivity index is 2.16. The second kappa shape index (κ2) is 4.07. The molecule has 0 unspecified atom stereocenters. The predicted molar refractivity (Wildman–Crippen MR) is 54.6 cm³/mol. The summed E-state index contributed by atoms with van der Waals surface area (Å²) in [6.07, 6.45) is 0.988. The maximum Gasteiger partial charge on any atom is 0.123 e. The van der Waals surface area contributed by atoms with Gasteiger partial charge in [0.1, 0.15) is 5.82 Å². The van der Waals surface area contributed by atoms with E-state index in [1.807, 2.05) is 12.1 Å². The van der Waals surface area contributed by atoms with Crippen molar-refractivity contribution >= 4 is 0 Å². The molecule has 14 heavy (non-hydrogen) atoms. The highest BCUT2D eigenvalue weighted by molar-refractivity contribution is 5.23. The second-order valence-corrected chi connectivity index (χ2v) is 3.81. The molecule has 2 atom stereocenters. The summed E-state index contributed by atoms with van der Waals surface area (Å²) in [4.78, 5) is 0. The fourth-order valence-electron chi connectivity index (χ4n) is 1.95. The van der Waals surface area contributed by atoms with Crippen LogP contribution >= 0.6 is 0 Å². The summed E-state index contributed by atoms with van der Waals surface area (Å²) < 4.78 is 12.7. The van der Waals surface area contributed by atoms with E-state index in [1.165, 1.54) is 12.1 Å². The summed E-state index contributed by atoms with van der Waals surface area (Å²) in [6, 6.07) is 6.84. The summed E-state index contributed by atoms with van der Waals surface area (Å²) in [5, 5.41) is 3.30. The molecule has 3 N–H and O–H groups in total. The van der Waals surface area contributed by atoms with Crippen molar-refractivity contribution in [3.8, 4) is 0 Å². The van der Waals surface area contributed by atoms with E-state index in [2.05, 4.69) is 5.32 Å². The van der Waals surface area contributed by atoms with Crippen LogP contribution in [0.15, 0.2) is 24.3 Å². The molecule has 0 radical (unpaired) electrons. The quantitative estimate of drug-likeness (QED) is 0.705. The smallest absolute Gasteiger partial charge is 0.123 e. The maximum absolute atomic E-state index is 12.7. The predicted octanol–water partition coefficient (Wildman–Crippen LogP) is 1.23. The molecule has 1 aliphatic rings. The lowest BCUT2D eigenvalue weighted by Crippen LogP contribution is -2.43. The van der Waals surface area contributed by atoms with Gasteiger partial charge in [-0.2, -0.15) is 0 Å². The molecule has 2 nitrogen and oxygen atoms in total. The van der Waals surface area contributed by atoms with Crippen molar-refractivity contribution < 1.29 is 4.39 Å². The van der Waals surface area contributed by atoms with E-state index in [-0.39, 0.29) is 11.9 Å². The first kappa shape index (κ1) is 9.62. The molecule has 2 rings (SSSR count). The monoisotopic (exact) mass is 194 g/mol. The van der Waals surface area contributed by atoms with Gasteiger partial charge in [0.2, 0.25) is 0 Å². The lowest BCUT2D eigenvalue weighted by atomic mass is 9.87. The van der Waals surface area contributed by atoms with Gasteiger partial charge in [0, 0.05) is 18.5 Å². The zero-order chi connectivity index (χ0) is 9.97. The van der Waals surface area contributed by atoms with E-state index in [0.29, 0.717) is 5.92 Å². The van der Waals surface area contributed by atoms with Gasteiger partial charge in [0.25, 0.3) is 0 Å². The molecule has 1 heterocycles. The Hall–Kier alpha value is -0.930. The van der Waals surface area contributed by atoms with Crippen LogP contribution < -0.4 is 11.1 Å². The van der Waals surface area contributed by atoms with E-state index >= 15 is 0 Å². The van der Waals surface area contributed by atoms with Crippen LogP contribution in [-0.2, 0) is 0 Å². The molecule has 0 amide bonds. The number of benzene rings is 1. The van der Waals surface area contributed by atoms with Gasteiger partial charge in [0.05, 0.1) is 0 Å². The number of piperidine rings is 1. The van der Waals surface area contributed by atoms with Crippen molar-refractivity contribution in [1.29, 1.82) is 0 Å². The van der Waals surface area contributed by atoms with Gasteiger partial charge in [0.15, 0.2) is 0 Å². The number of hydrogen-bond acceptors (Lipinski definition) is 2. The molecule has 0 saturated carbocycles. The molecular weight excluding hydrogens is 179 g/mol. The SMILES string of the molecule is N[C@H]1CCNC[C@H]1c1ccc(F)cc1. The van der Waals surface area contributed by atoms with Crippen LogP contribution in [0.4, 0.5) is 4.39 Å². The van der Waals surface area contributed by atoms with Crippen LogP contribution in [-0.4, -0.2) is 19.1 Å². The van der Waals surface area contributed by atoms with E-state index in [4.69, 9.17) is 5.73 Å². The Morgan fingerprint density at radius 1 is 1.29 bits per heavy atom. The first-order valence-corrected chi connectivity index (χ1v) is 4.99. The minimum Gasteiger partial charge on any atom is -0.327 e. The van der Waals surface area contributed by atoms with Crippen molar-refractivity contribution in [2.75, 3.05) is 13.1 Å². The zero-order valence-electron chi connectivity index (χ0n) is 8.04. The van der Waals surface area contributed by atoms with E-state index in [9.17, 15) is 4.39 Å². The van der Waals surface area contributed by atoms with Gasteiger partial charge in [-0.3, -0.25) is 0 Å². The molecule has 3 heteroatoms. The van der Waals surface area contributed by atoms with Crippen LogP contribution in [0.1, 0.15) is 17.9 Å². The summed E-state index contributed by atoms with van der Waals surface area (Å²) in [6.45, 7) is 1.88. The molecule has 0 spiro atoms. The largest absolute Gasteiger partial charge is 0.327 e. The van der Waals surface area contributed by atoms with Crippen molar-refractivity contribution in [2.24, 2.45) is 5.73 Å². The minimum absolute atomic E-state index is 0.189. The Kier molecular flexibility index (Phi) is 2.79. The topological polar surface area (TPSA) is 38.0 Å². The summed E-state index contributed by atoms with van der Waals surface area (Å²) in [5.41, 5.74) is 7.15. The Labute approximate surface area is 83.3 Å². The molecule has 0 aliphatic carbocycles. The van der Waals surface area contributed by atoms with Gasteiger partial charge in [-0.05, 0) is 30.7 Å². The molecule has 1 aromatic rings. The zero-order valence-corrected chi connectivity index (χ0v) is 8.04. The average molecular weight is 194 g/mol. The first-order chi connectivity index (χ1) is 6.77. The lowest BCUT2D eigenvalue weighted by Gasteiger charge is -2.29. The fraction of sp³-hybridized carbons (Fsp3) is 0.455. The highest BCUT2D eigenvalue weighted by atomic mass is 19.1.